The third-order valence-electron chi connectivity index (χ3n) is 8.15. The van der Waals surface area contributed by atoms with Crippen molar-refractivity contribution in [2.45, 2.75) is 62.2 Å². The Labute approximate surface area is 287 Å². The minimum Gasteiger partial charge on any atom is -0.489 e. The molecule has 3 aromatic rings. The zero-order valence-corrected chi connectivity index (χ0v) is 28.6. The van der Waals surface area contributed by atoms with E-state index in [9.17, 15) is 26.8 Å². The molecule has 2 heterocycles. The number of pyridine rings is 1. The van der Waals surface area contributed by atoms with Crippen molar-refractivity contribution in [3.05, 3.63) is 81.6 Å². The third-order valence-corrected chi connectivity index (χ3v) is 10.7. The molecule has 5 rings (SSSR count). The van der Waals surface area contributed by atoms with Gasteiger partial charge in [-0.2, -0.15) is 13.1 Å². The monoisotopic (exact) mass is 725 g/mol. The number of benzene rings is 2. The number of carbonyl (C=O) groups is 2. The molecule has 1 aliphatic heterocycles. The first-order chi connectivity index (χ1) is 22.8. The van der Waals surface area contributed by atoms with Crippen molar-refractivity contribution in [1.82, 2.24) is 14.2 Å². The van der Waals surface area contributed by atoms with Crippen LogP contribution in [0.15, 0.2) is 59.8 Å². The van der Waals surface area contributed by atoms with E-state index in [1.807, 2.05) is 0 Å². The van der Waals surface area contributed by atoms with Crippen LogP contribution in [0.25, 0.3) is 0 Å². The van der Waals surface area contributed by atoms with E-state index < -0.39 is 34.7 Å². The van der Waals surface area contributed by atoms with Crippen molar-refractivity contribution < 1.29 is 41.0 Å². The maximum absolute atomic E-state index is 14.0. The molecule has 15 heteroatoms. The van der Waals surface area contributed by atoms with Gasteiger partial charge in [0.05, 0.1) is 21.5 Å². The molecule has 48 heavy (non-hydrogen) atoms. The van der Waals surface area contributed by atoms with Crippen LogP contribution in [-0.2, 0) is 26.0 Å². The highest BCUT2D eigenvalue weighted by molar-refractivity contribution is 7.89. The number of amides is 1. The Kier molecular flexibility index (Phi) is 11.4. The normalized spacial score (nSPS) is 17.5. The first-order valence-electron chi connectivity index (χ1n) is 15.4. The molecule has 2 aromatic carbocycles. The molecule has 2 fully saturated rings. The fourth-order valence-corrected chi connectivity index (χ4v) is 7.61. The summed E-state index contributed by atoms with van der Waals surface area (Å²) in [4.78, 5) is 31.7. The number of nitrogens with zero attached hydrogens (tertiary/aromatic N) is 3. The zero-order valence-electron chi connectivity index (χ0n) is 26.3. The van der Waals surface area contributed by atoms with E-state index in [1.165, 1.54) is 59.8 Å². The van der Waals surface area contributed by atoms with E-state index in [4.69, 9.17) is 32.7 Å². The highest BCUT2D eigenvalue weighted by Gasteiger charge is 2.40. The fraction of sp³-hybridized carbons (Fsp3) is 0.424. The van der Waals surface area contributed by atoms with Crippen molar-refractivity contribution in [3.8, 4) is 11.5 Å². The van der Waals surface area contributed by atoms with Gasteiger partial charge < -0.3 is 19.1 Å². The van der Waals surface area contributed by atoms with Gasteiger partial charge in [0.15, 0.2) is 11.5 Å². The van der Waals surface area contributed by atoms with E-state index in [-0.39, 0.29) is 57.3 Å². The largest absolute Gasteiger partial charge is 0.489 e. The molecule has 2 aliphatic rings. The number of rotatable bonds is 13. The van der Waals surface area contributed by atoms with Crippen LogP contribution in [0.4, 0.5) is 8.78 Å². The predicted molar refractivity (Wildman–Crippen MR) is 174 cm³/mol. The van der Waals surface area contributed by atoms with E-state index in [0.29, 0.717) is 36.5 Å². The molecule has 0 radical (unpaired) electrons. The number of halogens is 4. The molecule has 2 atom stereocenters. The van der Waals surface area contributed by atoms with Gasteiger partial charge in [-0.1, -0.05) is 35.3 Å². The number of esters is 1. The first kappa shape index (κ1) is 35.8. The minimum absolute atomic E-state index is 0.0432. The maximum Gasteiger partial charge on any atom is 0.387 e. The van der Waals surface area contributed by atoms with E-state index in [1.54, 1.807) is 14.1 Å². The summed E-state index contributed by atoms with van der Waals surface area (Å²) in [5, 5.41) is 0.417. The molecular weight excluding hydrogens is 691 g/mol. The third kappa shape index (κ3) is 8.55. The van der Waals surface area contributed by atoms with Crippen LogP contribution in [0, 0.1) is 5.92 Å². The lowest BCUT2D eigenvalue weighted by Gasteiger charge is -2.34. The van der Waals surface area contributed by atoms with Gasteiger partial charge in [0.1, 0.15) is 12.1 Å². The number of ether oxygens (including phenoxy) is 3. The molecule has 1 amide bonds. The summed E-state index contributed by atoms with van der Waals surface area (Å²) in [6.45, 7) is -2.74. The second kappa shape index (κ2) is 15.4. The number of piperidine rings is 1. The Balaban J connectivity index is 1.47. The molecule has 0 bridgehead atoms. The molecular formula is C33H35Cl2F2N3O7S. The summed E-state index contributed by atoms with van der Waals surface area (Å²) < 4.78 is 72.0. The van der Waals surface area contributed by atoms with Crippen LogP contribution in [-0.4, -0.2) is 74.4 Å². The molecule has 10 nitrogen and oxygen atoms in total. The van der Waals surface area contributed by atoms with Crippen molar-refractivity contribution >= 4 is 45.1 Å². The predicted octanol–water partition coefficient (Wildman–Crippen LogP) is 6.55. The lowest BCUT2D eigenvalue weighted by atomic mass is 10.0. The van der Waals surface area contributed by atoms with Gasteiger partial charge >= 0.3 is 12.6 Å². The van der Waals surface area contributed by atoms with Crippen LogP contribution >= 0.6 is 23.2 Å². The standard InChI is InChI=1S/C33H35Cl2F2N3O7S/c1-39(2)31(41)22-6-5-7-23(14-22)48(43,44)40-13-4-3-8-27(40)32(42)46-29(16-24-25(34)17-38-18-26(24)35)21-11-12-28(47-33(36)37)30(15-21)45-19-20-9-10-20/h5-7,11-12,14-15,17-18,20,27,29,33H,3-4,8-10,13,16,19H2,1-2H3/t27-,29+/m1/s1. The lowest BCUT2D eigenvalue weighted by molar-refractivity contribution is -0.155. The van der Waals surface area contributed by atoms with Gasteiger partial charge in [0.25, 0.3) is 5.91 Å². The number of aromatic nitrogens is 1. The quantitative estimate of drug-likeness (QED) is 0.182. The summed E-state index contributed by atoms with van der Waals surface area (Å²) in [5.74, 6) is -1.03. The SMILES string of the molecule is CN(C)C(=O)c1cccc(S(=O)(=O)N2CCCC[C@@H]2C(=O)O[C@@H](Cc2c(Cl)cncc2Cl)c2ccc(OC(F)F)c(OCC3CC3)c2)c1. The van der Waals surface area contributed by atoms with Gasteiger partial charge in [-0.25, -0.2) is 8.42 Å². The lowest BCUT2D eigenvalue weighted by Crippen LogP contribution is -2.48. The molecule has 1 aromatic heterocycles. The van der Waals surface area contributed by atoms with Crippen molar-refractivity contribution in [2.24, 2.45) is 5.92 Å². The Morgan fingerprint density at radius 1 is 1.02 bits per heavy atom. The molecule has 258 valence electrons. The summed E-state index contributed by atoms with van der Waals surface area (Å²) >= 11 is 12.9. The van der Waals surface area contributed by atoms with Crippen molar-refractivity contribution in [3.63, 3.8) is 0 Å². The summed E-state index contributed by atoms with van der Waals surface area (Å²) in [6.07, 6.45) is 4.82. The molecule has 1 saturated heterocycles. The fourth-order valence-electron chi connectivity index (χ4n) is 5.40. The van der Waals surface area contributed by atoms with Crippen molar-refractivity contribution in [1.29, 1.82) is 0 Å². The number of sulfonamides is 1. The zero-order chi connectivity index (χ0) is 34.6. The highest BCUT2D eigenvalue weighted by atomic mass is 35.5. The molecule has 1 aliphatic carbocycles. The average Bonchev–Trinajstić information content (AvgIpc) is 3.89. The number of carbonyl (C=O) groups excluding carboxylic acids is 2. The smallest absolute Gasteiger partial charge is 0.387 e. The Bertz CT molecular complexity index is 1740. The number of hydrogen-bond acceptors (Lipinski definition) is 8. The van der Waals surface area contributed by atoms with Gasteiger partial charge in [-0.15, -0.1) is 0 Å². The van der Waals surface area contributed by atoms with Crippen LogP contribution < -0.4 is 9.47 Å². The van der Waals surface area contributed by atoms with E-state index >= 15 is 0 Å². The second-order valence-electron chi connectivity index (χ2n) is 11.9. The van der Waals surface area contributed by atoms with Gasteiger partial charge in [-0.3, -0.25) is 14.6 Å². The summed E-state index contributed by atoms with van der Waals surface area (Å²) in [5.41, 5.74) is 0.956. The van der Waals surface area contributed by atoms with Gasteiger partial charge in [0.2, 0.25) is 10.0 Å². The minimum atomic E-state index is -4.24. The van der Waals surface area contributed by atoms with Gasteiger partial charge in [0, 0.05) is 45.0 Å². The number of hydrogen-bond donors (Lipinski definition) is 0. The second-order valence-corrected chi connectivity index (χ2v) is 14.6. The Morgan fingerprint density at radius 2 is 1.75 bits per heavy atom. The van der Waals surface area contributed by atoms with E-state index in [0.717, 1.165) is 17.1 Å². The first-order valence-corrected chi connectivity index (χ1v) is 17.6. The molecule has 0 spiro atoms. The summed E-state index contributed by atoms with van der Waals surface area (Å²) in [6, 6.07) is 8.70. The average molecular weight is 727 g/mol. The van der Waals surface area contributed by atoms with Crippen molar-refractivity contribution in [2.75, 3.05) is 27.2 Å². The summed E-state index contributed by atoms with van der Waals surface area (Å²) in [7, 11) is -1.12. The number of alkyl halides is 2. The van der Waals surface area contributed by atoms with Crippen LogP contribution in [0.2, 0.25) is 10.0 Å². The van der Waals surface area contributed by atoms with Crippen LogP contribution in [0.1, 0.15) is 59.7 Å². The molecule has 0 unspecified atom stereocenters. The van der Waals surface area contributed by atoms with E-state index in [2.05, 4.69) is 9.72 Å². The van der Waals surface area contributed by atoms with Crippen LogP contribution in [0.3, 0.4) is 0 Å². The highest BCUT2D eigenvalue weighted by Crippen LogP contribution is 2.38. The molecule has 1 saturated carbocycles. The van der Waals surface area contributed by atoms with Crippen LogP contribution in [0.5, 0.6) is 11.5 Å². The van der Waals surface area contributed by atoms with Gasteiger partial charge in [-0.05, 0) is 79.5 Å². The topological polar surface area (TPSA) is 115 Å². The maximum atomic E-state index is 14.0. The Morgan fingerprint density at radius 3 is 2.42 bits per heavy atom. The Hall–Kier alpha value is -3.52. The molecule has 0 N–H and O–H groups in total.